The standard InChI is InChI=1S/C30H40FN5O2.2ClH/c1-5-21-12-27(37)35(16-21)17-25-14-32-20(2)15-34(25)18-28(38)36-19-30(3,4)29-26(36)11-23(13-33-29)10-22-6-8-24(31)9-7-22;;/h6-9,11,13,20-21,25,32H,5,10,12,14-19H2,1-4H3;2*1H/t20-,21?,25-;;/m1../s1. The Morgan fingerprint density at radius 3 is 2.55 bits per heavy atom. The van der Waals surface area contributed by atoms with Crippen LogP contribution in [-0.2, 0) is 21.4 Å². The molecule has 5 rings (SSSR count). The number of piperazine rings is 1. The predicted octanol–water partition coefficient (Wildman–Crippen LogP) is 4.20. The van der Waals surface area contributed by atoms with Gasteiger partial charge in [0.1, 0.15) is 5.82 Å². The van der Waals surface area contributed by atoms with Crippen LogP contribution in [0.4, 0.5) is 10.1 Å². The molecule has 3 atom stereocenters. The van der Waals surface area contributed by atoms with Crippen LogP contribution in [0, 0.1) is 11.7 Å². The molecule has 0 spiro atoms. The summed E-state index contributed by atoms with van der Waals surface area (Å²) in [5.41, 5.74) is 3.57. The molecule has 0 radical (unpaired) electrons. The predicted molar refractivity (Wildman–Crippen MR) is 161 cm³/mol. The largest absolute Gasteiger partial charge is 0.341 e. The third kappa shape index (κ3) is 6.96. The first-order valence-corrected chi connectivity index (χ1v) is 13.9. The van der Waals surface area contributed by atoms with Gasteiger partial charge in [0, 0.05) is 62.8 Å². The van der Waals surface area contributed by atoms with E-state index < -0.39 is 0 Å². The first-order chi connectivity index (χ1) is 18.1. The zero-order valence-electron chi connectivity index (χ0n) is 23.9. The Bertz CT molecular complexity index is 1200. The Kier molecular flexibility index (Phi) is 10.6. The molecule has 1 N–H and O–H groups in total. The minimum atomic E-state index is -0.251. The number of pyridine rings is 1. The number of carbonyl (C=O) groups is 2. The fourth-order valence-electron chi connectivity index (χ4n) is 6.16. The number of aromatic nitrogens is 1. The summed E-state index contributed by atoms with van der Waals surface area (Å²) in [5, 5.41) is 3.54. The van der Waals surface area contributed by atoms with E-state index in [0.29, 0.717) is 38.4 Å². The highest BCUT2D eigenvalue weighted by molar-refractivity contribution is 5.97. The van der Waals surface area contributed by atoms with Crippen molar-refractivity contribution >= 4 is 42.3 Å². The van der Waals surface area contributed by atoms with Gasteiger partial charge in [0.25, 0.3) is 0 Å². The van der Waals surface area contributed by atoms with Crippen LogP contribution in [-0.4, -0.2) is 78.0 Å². The monoisotopic (exact) mass is 593 g/mol. The van der Waals surface area contributed by atoms with Gasteiger partial charge in [-0.3, -0.25) is 19.5 Å². The molecule has 2 saturated heterocycles. The molecule has 4 heterocycles. The highest BCUT2D eigenvalue weighted by Gasteiger charge is 2.41. The number of hydrogen-bond acceptors (Lipinski definition) is 5. The lowest BCUT2D eigenvalue weighted by Gasteiger charge is -2.41. The molecule has 0 bridgehead atoms. The van der Waals surface area contributed by atoms with Gasteiger partial charge in [0.2, 0.25) is 11.8 Å². The van der Waals surface area contributed by atoms with Crippen LogP contribution in [0.1, 0.15) is 57.4 Å². The van der Waals surface area contributed by atoms with Crippen molar-refractivity contribution in [3.8, 4) is 0 Å². The molecular weight excluding hydrogens is 552 g/mol. The number of rotatable bonds is 7. The maximum atomic E-state index is 13.8. The van der Waals surface area contributed by atoms with E-state index in [2.05, 4.69) is 44.0 Å². The number of carbonyl (C=O) groups excluding carboxylic acids is 2. The fourth-order valence-corrected chi connectivity index (χ4v) is 6.16. The van der Waals surface area contributed by atoms with Crippen molar-refractivity contribution in [1.82, 2.24) is 20.1 Å². The van der Waals surface area contributed by atoms with E-state index in [1.807, 2.05) is 16.0 Å². The molecule has 3 aliphatic heterocycles. The van der Waals surface area contributed by atoms with E-state index >= 15 is 0 Å². The minimum Gasteiger partial charge on any atom is -0.341 e. The maximum absolute atomic E-state index is 13.8. The van der Waals surface area contributed by atoms with Crippen LogP contribution in [0.2, 0.25) is 0 Å². The summed E-state index contributed by atoms with van der Waals surface area (Å²) in [6.45, 7) is 12.5. The first kappa shape index (κ1) is 32.3. The second-order valence-corrected chi connectivity index (χ2v) is 12.0. The van der Waals surface area contributed by atoms with Crippen molar-refractivity contribution < 1.29 is 14.0 Å². The zero-order valence-corrected chi connectivity index (χ0v) is 25.5. The summed E-state index contributed by atoms with van der Waals surface area (Å²) >= 11 is 0. The van der Waals surface area contributed by atoms with E-state index in [1.54, 1.807) is 12.1 Å². The van der Waals surface area contributed by atoms with Crippen molar-refractivity contribution in [3.05, 3.63) is 59.2 Å². The third-order valence-corrected chi connectivity index (χ3v) is 8.40. The Morgan fingerprint density at radius 1 is 1.15 bits per heavy atom. The third-order valence-electron chi connectivity index (χ3n) is 8.40. The van der Waals surface area contributed by atoms with Gasteiger partial charge < -0.3 is 15.1 Å². The van der Waals surface area contributed by atoms with Crippen molar-refractivity contribution in [3.63, 3.8) is 0 Å². The smallest absolute Gasteiger partial charge is 0.241 e. The average molecular weight is 595 g/mol. The minimum absolute atomic E-state index is 0. The zero-order chi connectivity index (χ0) is 27.0. The second-order valence-electron chi connectivity index (χ2n) is 12.0. The molecule has 10 heteroatoms. The molecule has 7 nitrogen and oxygen atoms in total. The normalized spacial score (nSPS) is 23.9. The summed E-state index contributed by atoms with van der Waals surface area (Å²) in [6, 6.07) is 8.97. The number of nitrogens with zero attached hydrogens (tertiary/aromatic N) is 4. The van der Waals surface area contributed by atoms with E-state index in [4.69, 9.17) is 4.98 Å². The van der Waals surface area contributed by atoms with E-state index in [9.17, 15) is 14.0 Å². The van der Waals surface area contributed by atoms with Gasteiger partial charge in [-0.15, -0.1) is 24.8 Å². The Morgan fingerprint density at radius 2 is 1.88 bits per heavy atom. The lowest BCUT2D eigenvalue weighted by atomic mass is 9.91. The molecule has 0 saturated carbocycles. The number of anilines is 1. The number of hydrogen-bond donors (Lipinski definition) is 1. The molecule has 2 aromatic rings. The molecule has 1 unspecified atom stereocenters. The first-order valence-electron chi connectivity index (χ1n) is 13.9. The topological polar surface area (TPSA) is 68.8 Å². The number of benzene rings is 1. The van der Waals surface area contributed by atoms with Crippen LogP contribution in [0.15, 0.2) is 36.5 Å². The van der Waals surface area contributed by atoms with E-state index in [-0.39, 0.29) is 59.9 Å². The van der Waals surface area contributed by atoms with Crippen LogP contribution >= 0.6 is 24.8 Å². The van der Waals surface area contributed by atoms with Crippen molar-refractivity contribution in [2.75, 3.05) is 44.2 Å². The van der Waals surface area contributed by atoms with Crippen LogP contribution < -0.4 is 10.2 Å². The lowest BCUT2D eigenvalue weighted by Crippen LogP contribution is -2.61. The highest BCUT2D eigenvalue weighted by Crippen LogP contribution is 2.40. The van der Waals surface area contributed by atoms with Crippen LogP contribution in [0.3, 0.4) is 0 Å². The lowest BCUT2D eigenvalue weighted by molar-refractivity contribution is -0.128. The summed E-state index contributed by atoms with van der Waals surface area (Å²) in [6.07, 6.45) is 4.16. The van der Waals surface area contributed by atoms with Gasteiger partial charge >= 0.3 is 0 Å². The number of fused-ring (bicyclic) bond motifs is 1. The summed E-state index contributed by atoms with van der Waals surface area (Å²) in [5.74, 6) is 0.486. The molecule has 1 aromatic carbocycles. The van der Waals surface area contributed by atoms with Crippen molar-refractivity contribution in [2.45, 2.75) is 64.5 Å². The molecule has 2 amide bonds. The number of amides is 2. The average Bonchev–Trinajstić information content (AvgIpc) is 3.37. The summed E-state index contributed by atoms with van der Waals surface area (Å²) < 4.78 is 13.4. The van der Waals surface area contributed by atoms with Gasteiger partial charge in [-0.1, -0.05) is 39.3 Å². The molecule has 2 fully saturated rings. The van der Waals surface area contributed by atoms with Crippen molar-refractivity contribution in [1.29, 1.82) is 0 Å². The fraction of sp³-hybridized carbons (Fsp3) is 0.567. The SMILES string of the molecule is CCC1CC(=O)N(C[C@H]2CN[C@H](C)CN2CC(=O)N2CC(C)(C)c3ncc(Cc4ccc(F)cc4)cc32)C1.Cl.Cl. The van der Waals surface area contributed by atoms with Crippen LogP contribution in [0.25, 0.3) is 0 Å². The Labute approximate surface area is 249 Å². The van der Waals surface area contributed by atoms with Crippen molar-refractivity contribution in [2.24, 2.45) is 5.92 Å². The van der Waals surface area contributed by atoms with Crippen LogP contribution in [0.5, 0.6) is 0 Å². The molecule has 220 valence electrons. The number of likely N-dealkylation sites (tertiary alicyclic amines) is 1. The second kappa shape index (κ2) is 13.1. The Balaban J connectivity index is 0.00000220. The molecular formula is C30H42Cl2FN5O2. The molecule has 40 heavy (non-hydrogen) atoms. The van der Waals surface area contributed by atoms with E-state index in [1.165, 1.54) is 12.1 Å². The molecule has 0 aliphatic carbocycles. The Hall–Kier alpha value is -2.26. The number of halogens is 3. The van der Waals surface area contributed by atoms with Gasteiger partial charge in [0.05, 0.1) is 17.9 Å². The van der Waals surface area contributed by atoms with Gasteiger partial charge in [-0.25, -0.2) is 4.39 Å². The highest BCUT2D eigenvalue weighted by atomic mass is 35.5. The molecule has 1 aromatic heterocycles. The summed E-state index contributed by atoms with van der Waals surface area (Å²) in [7, 11) is 0. The number of nitrogens with one attached hydrogen (secondary N) is 1. The van der Waals surface area contributed by atoms with Gasteiger partial charge in [-0.05, 0) is 48.6 Å². The van der Waals surface area contributed by atoms with E-state index in [0.717, 1.165) is 48.6 Å². The van der Waals surface area contributed by atoms with Gasteiger partial charge in [-0.2, -0.15) is 0 Å². The quantitative estimate of drug-likeness (QED) is 0.521. The molecule has 3 aliphatic rings. The maximum Gasteiger partial charge on any atom is 0.241 e. The van der Waals surface area contributed by atoms with Gasteiger partial charge in [0.15, 0.2) is 0 Å². The summed E-state index contributed by atoms with van der Waals surface area (Å²) in [4.78, 5) is 37.4.